The summed E-state index contributed by atoms with van der Waals surface area (Å²) in [4.78, 5) is 12.9. The van der Waals surface area contributed by atoms with Crippen molar-refractivity contribution in [3.05, 3.63) is 95.6 Å². The van der Waals surface area contributed by atoms with Gasteiger partial charge in [-0.15, -0.1) is 0 Å². The summed E-state index contributed by atoms with van der Waals surface area (Å²) < 4.78 is 43.3. The fraction of sp³-hybridized carbons (Fsp3) is 0.0870. The highest BCUT2D eigenvalue weighted by Crippen LogP contribution is 2.30. The first-order valence-electron chi connectivity index (χ1n) is 8.76. The van der Waals surface area contributed by atoms with Gasteiger partial charge in [0, 0.05) is 11.3 Å². The lowest BCUT2D eigenvalue weighted by atomic mass is 10.0. The van der Waals surface area contributed by atoms with Gasteiger partial charge in [-0.05, 0) is 53.6 Å². The molecule has 0 heterocycles. The van der Waals surface area contributed by atoms with Crippen LogP contribution < -0.4 is 10.1 Å². The Hall–Kier alpha value is -3.54. The van der Waals surface area contributed by atoms with Crippen molar-refractivity contribution >= 4 is 23.2 Å². The van der Waals surface area contributed by atoms with E-state index in [2.05, 4.69) is 5.32 Å². The highest BCUT2D eigenvalue weighted by molar-refractivity contribution is 6.29. The Morgan fingerprint density at radius 3 is 2.07 bits per heavy atom. The number of rotatable bonds is 5. The molecule has 0 saturated heterocycles. The molecule has 3 nitrogen and oxygen atoms in total. The van der Waals surface area contributed by atoms with Crippen LogP contribution in [-0.2, 0) is 11.0 Å². The zero-order valence-corrected chi connectivity index (χ0v) is 15.5. The van der Waals surface area contributed by atoms with Crippen LogP contribution in [0.15, 0.2) is 78.9 Å². The summed E-state index contributed by atoms with van der Waals surface area (Å²) in [6.07, 6.45) is -2.70. The van der Waals surface area contributed by atoms with Crippen LogP contribution in [0.2, 0.25) is 0 Å². The average Bonchev–Trinajstić information content (AvgIpc) is 2.72. The molecule has 0 atom stereocenters. The van der Waals surface area contributed by atoms with Crippen LogP contribution in [0.3, 0.4) is 0 Å². The van der Waals surface area contributed by atoms with Gasteiger partial charge in [0.25, 0.3) is 5.91 Å². The van der Waals surface area contributed by atoms with Crippen LogP contribution in [-0.4, -0.2) is 13.0 Å². The lowest BCUT2D eigenvalue weighted by Crippen LogP contribution is -2.14. The van der Waals surface area contributed by atoms with E-state index in [1.165, 1.54) is 12.1 Å². The molecule has 0 aliphatic heterocycles. The smallest absolute Gasteiger partial charge is 0.416 e. The third kappa shape index (κ3) is 5.25. The Bertz CT molecular complexity index is 993. The molecule has 0 fully saturated rings. The van der Waals surface area contributed by atoms with Gasteiger partial charge in [-0.25, -0.2) is 0 Å². The van der Waals surface area contributed by atoms with Crippen LogP contribution in [0.5, 0.6) is 5.75 Å². The number of ether oxygens (including phenoxy) is 1. The topological polar surface area (TPSA) is 38.3 Å². The molecule has 0 aliphatic rings. The molecule has 3 aromatic rings. The largest absolute Gasteiger partial charge is 0.497 e. The number of hydrogen-bond donors (Lipinski definition) is 1. The van der Waals surface area contributed by atoms with Gasteiger partial charge in [0.1, 0.15) is 5.75 Å². The molecular weight excluding hydrogens is 379 g/mol. The predicted octanol–water partition coefficient (Wildman–Crippen LogP) is 5.89. The Kier molecular flexibility index (Phi) is 6.02. The third-order valence-electron chi connectivity index (χ3n) is 4.23. The first-order chi connectivity index (χ1) is 13.9. The number of halogens is 3. The fourth-order valence-corrected chi connectivity index (χ4v) is 2.71. The normalized spacial score (nSPS) is 11.8. The van der Waals surface area contributed by atoms with Crippen molar-refractivity contribution in [1.82, 2.24) is 0 Å². The highest BCUT2D eigenvalue weighted by atomic mass is 19.4. The van der Waals surface area contributed by atoms with Gasteiger partial charge < -0.3 is 10.1 Å². The maximum Gasteiger partial charge on any atom is 0.416 e. The first kappa shape index (κ1) is 20.2. The van der Waals surface area contributed by atoms with Crippen molar-refractivity contribution in [3.8, 4) is 5.75 Å². The number of hydrogen-bond acceptors (Lipinski definition) is 2. The van der Waals surface area contributed by atoms with E-state index in [0.717, 1.165) is 17.7 Å². The average molecular weight is 397 g/mol. The van der Waals surface area contributed by atoms with E-state index in [9.17, 15) is 18.0 Å². The van der Waals surface area contributed by atoms with Gasteiger partial charge >= 0.3 is 6.18 Å². The summed E-state index contributed by atoms with van der Waals surface area (Å²) >= 11 is 0. The van der Waals surface area contributed by atoms with Crippen molar-refractivity contribution < 1.29 is 22.7 Å². The fourth-order valence-electron chi connectivity index (χ4n) is 2.71. The number of alkyl halides is 3. The molecule has 0 aliphatic carbocycles. The maximum atomic E-state index is 12.9. The van der Waals surface area contributed by atoms with Crippen molar-refractivity contribution in [2.75, 3.05) is 12.4 Å². The van der Waals surface area contributed by atoms with Gasteiger partial charge in [0.15, 0.2) is 0 Å². The molecule has 6 heteroatoms. The number of carbonyl (C=O) groups excluding carboxylic acids is 1. The predicted molar refractivity (Wildman–Crippen MR) is 107 cm³/mol. The first-order valence-corrected chi connectivity index (χ1v) is 8.76. The van der Waals surface area contributed by atoms with E-state index in [1.807, 2.05) is 30.3 Å². The number of anilines is 1. The monoisotopic (exact) mass is 397 g/mol. The van der Waals surface area contributed by atoms with Gasteiger partial charge in [0.05, 0.1) is 12.7 Å². The Morgan fingerprint density at radius 1 is 0.897 bits per heavy atom. The second kappa shape index (κ2) is 8.65. The SMILES string of the molecule is COc1ccc(/C(=C\c2ccccc2)C(=O)Nc2ccc(C(F)(F)F)cc2)cc1. The van der Waals surface area contributed by atoms with Crippen LogP contribution in [0, 0.1) is 0 Å². The molecule has 0 radical (unpaired) electrons. The van der Waals surface area contributed by atoms with Crippen LogP contribution in [0.4, 0.5) is 18.9 Å². The molecular formula is C23H18F3NO2. The van der Waals surface area contributed by atoms with Crippen molar-refractivity contribution in [3.63, 3.8) is 0 Å². The minimum Gasteiger partial charge on any atom is -0.497 e. The van der Waals surface area contributed by atoms with Gasteiger partial charge in [-0.2, -0.15) is 13.2 Å². The summed E-state index contributed by atoms with van der Waals surface area (Å²) in [5.74, 6) is 0.217. The van der Waals surface area contributed by atoms with Crippen molar-refractivity contribution in [1.29, 1.82) is 0 Å². The van der Waals surface area contributed by atoms with Crippen LogP contribution in [0.1, 0.15) is 16.7 Å². The van der Waals surface area contributed by atoms with E-state index >= 15 is 0 Å². The summed E-state index contributed by atoms with van der Waals surface area (Å²) in [5, 5.41) is 2.66. The summed E-state index contributed by atoms with van der Waals surface area (Å²) in [6.45, 7) is 0. The number of methoxy groups -OCH3 is 1. The number of benzene rings is 3. The Balaban J connectivity index is 1.91. The van der Waals surface area contributed by atoms with E-state index in [0.29, 0.717) is 16.9 Å². The van der Waals surface area contributed by atoms with Crippen molar-refractivity contribution in [2.24, 2.45) is 0 Å². The van der Waals surface area contributed by atoms with E-state index in [4.69, 9.17) is 4.74 Å². The van der Waals surface area contributed by atoms with Gasteiger partial charge in [-0.3, -0.25) is 4.79 Å². The quantitative estimate of drug-likeness (QED) is 0.430. The number of nitrogens with one attached hydrogen (secondary N) is 1. The molecule has 0 bridgehead atoms. The molecule has 29 heavy (non-hydrogen) atoms. The van der Waals surface area contributed by atoms with Crippen LogP contribution >= 0.6 is 0 Å². The maximum absolute atomic E-state index is 12.9. The van der Waals surface area contributed by atoms with E-state index < -0.39 is 17.6 Å². The van der Waals surface area contributed by atoms with E-state index in [1.54, 1.807) is 37.5 Å². The summed E-state index contributed by atoms with van der Waals surface area (Å²) in [6, 6.07) is 20.6. The molecule has 0 spiro atoms. The molecule has 0 aromatic heterocycles. The van der Waals surface area contributed by atoms with Gasteiger partial charge in [0.2, 0.25) is 0 Å². The highest BCUT2D eigenvalue weighted by Gasteiger charge is 2.30. The van der Waals surface area contributed by atoms with Crippen molar-refractivity contribution in [2.45, 2.75) is 6.18 Å². The molecule has 0 saturated carbocycles. The standard InChI is InChI=1S/C23H18F3NO2/c1-29-20-13-7-17(8-14-20)21(15-16-5-3-2-4-6-16)22(28)27-19-11-9-18(10-12-19)23(24,25)26/h2-15H,1H3,(H,27,28)/b21-15+. The number of carbonyl (C=O) groups is 1. The number of amides is 1. The molecule has 1 N–H and O–H groups in total. The lowest BCUT2D eigenvalue weighted by molar-refractivity contribution is -0.137. The summed E-state index contributed by atoms with van der Waals surface area (Å²) in [5.41, 5.74) is 1.35. The zero-order chi connectivity index (χ0) is 20.9. The Morgan fingerprint density at radius 2 is 1.52 bits per heavy atom. The zero-order valence-electron chi connectivity index (χ0n) is 15.5. The Labute approximate surface area is 166 Å². The third-order valence-corrected chi connectivity index (χ3v) is 4.23. The minimum atomic E-state index is -4.43. The molecule has 0 unspecified atom stereocenters. The minimum absolute atomic E-state index is 0.274. The molecule has 3 rings (SSSR count). The molecule has 1 amide bonds. The molecule has 3 aromatic carbocycles. The molecule has 148 valence electrons. The summed E-state index contributed by atoms with van der Waals surface area (Å²) in [7, 11) is 1.55. The van der Waals surface area contributed by atoms with Gasteiger partial charge in [-0.1, -0.05) is 42.5 Å². The second-order valence-electron chi connectivity index (χ2n) is 6.23. The van der Waals surface area contributed by atoms with Crippen LogP contribution in [0.25, 0.3) is 11.6 Å². The lowest BCUT2D eigenvalue weighted by Gasteiger charge is -2.12. The second-order valence-corrected chi connectivity index (χ2v) is 6.23. The van der Waals surface area contributed by atoms with E-state index in [-0.39, 0.29) is 5.69 Å².